The van der Waals surface area contributed by atoms with E-state index < -0.39 is 11.8 Å². The standard InChI is InChI=1S/C17H21BrN4O3/c18-12-1-3-13(4-2-12)19-15(23)11-21-7-9-22(10-8-21)17(25)16(24)20-14-5-6-14/h1-4,14H,5-11H2,(H,19,23)(H,20,24). The van der Waals surface area contributed by atoms with E-state index in [4.69, 9.17) is 0 Å². The van der Waals surface area contributed by atoms with Crippen LogP contribution in [-0.2, 0) is 14.4 Å². The minimum atomic E-state index is -0.510. The van der Waals surface area contributed by atoms with Crippen LogP contribution in [0.2, 0.25) is 0 Å². The molecule has 25 heavy (non-hydrogen) atoms. The number of hydrogen-bond donors (Lipinski definition) is 2. The summed E-state index contributed by atoms with van der Waals surface area (Å²) in [5, 5.41) is 5.57. The molecule has 0 atom stereocenters. The highest BCUT2D eigenvalue weighted by Crippen LogP contribution is 2.18. The third-order valence-corrected chi connectivity index (χ3v) is 4.79. The molecule has 2 aliphatic rings. The summed E-state index contributed by atoms with van der Waals surface area (Å²) < 4.78 is 0.956. The van der Waals surface area contributed by atoms with Crippen molar-refractivity contribution in [2.24, 2.45) is 0 Å². The Balaban J connectivity index is 1.40. The fraction of sp³-hybridized carbons (Fsp3) is 0.471. The van der Waals surface area contributed by atoms with E-state index >= 15 is 0 Å². The Hall–Kier alpha value is -1.93. The molecule has 0 unspecified atom stereocenters. The number of anilines is 1. The second kappa shape index (κ2) is 7.97. The maximum Gasteiger partial charge on any atom is 0.311 e. The molecule has 1 saturated carbocycles. The number of carbonyl (C=O) groups is 3. The Kier molecular flexibility index (Phi) is 5.70. The number of nitrogens with one attached hydrogen (secondary N) is 2. The third kappa shape index (κ3) is 5.27. The van der Waals surface area contributed by atoms with Crippen molar-refractivity contribution >= 4 is 39.3 Å². The van der Waals surface area contributed by atoms with Crippen molar-refractivity contribution in [2.75, 3.05) is 38.0 Å². The molecular weight excluding hydrogens is 388 g/mol. The molecule has 2 fully saturated rings. The van der Waals surface area contributed by atoms with Gasteiger partial charge in [0.1, 0.15) is 0 Å². The molecule has 2 N–H and O–H groups in total. The normalized spacial score (nSPS) is 17.9. The highest BCUT2D eigenvalue weighted by molar-refractivity contribution is 9.10. The summed E-state index contributed by atoms with van der Waals surface area (Å²) in [6, 6.07) is 7.58. The number of hydrogen-bond acceptors (Lipinski definition) is 4. The lowest BCUT2D eigenvalue weighted by atomic mass is 10.3. The number of nitrogens with zero attached hydrogens (tertiary/aromatic N) is 2. The van der Waals surface area contributed by atoms with Gasteiger partial charge >= 0.3 is 11.8 Å². The number of carbonyl (C=O) groups excluding carboxylic acids is 3. The Bertz CT molecular complexity index is 652. The van der Waals surface area contributed by atoms with Crippen LogP contribution in [0.25, 0.3) is 0 Å². The van der Waals surface area contributed by atoms with Gasteiger partial charge in [0.05, 0.1) is 6.54 Å². The lowest BCUT2D eigenvalue weighted by Crippen LogP contribution is -2.53. The largest absolute Gasteiger partial charge is 0.345 e. The van der Waals surface area contributed by atoms with Crippen LogP contribution in [0, 0.1) is 0 Å². The topological polar surface area (TPSA) is 81.8 Å². The maximum absolute atomic E-state index is 12.1. The molecule has 3 rings (SSSR count). The number of rotatable bonds is 4. The molecule has 0 spiro atoms. The van der Waals surface area contributed by atoms with Crippen molar-refractivity contribution < 1.29 is 14.4 Å². The molecule has 1 aliphatic carbocycles. The average molecular weight is 409 g/mol. The molecule has 1 aliphatic heterocycles. The minimum absolute atomic E-state index is 0.0893. The van der Waals surface area contributed by atoms with Crippen molar-refractivity contribution in [1.82, 2.24) is 15.1 Å². The first kappa shape index (κ1) is 17.9. The smallest absolute Gasteiger partial charge is 0.311 e. The molecule has 134 valence electrons. The van der Waals surface area contributed by atoms with E-state index in [1.807, 2.05) is 29.2 Å². The van der Waals surface area contributed by atoms with Gasteiger partial charge in [0.15, 0.2) is 0 Å². The van der Waals surface area contributed by atoms with Crippen LogP contribution in [0.4, 0.5) is 5.69 Å². The summed E-state index contributed by atoms with van der Waals surface area (Å²) >= 11 is 3.35. The molecule has 0 bridgehead atoms. The van der Waals surface area contributed by atoms with E-state index in [9.17, 15) is 14.4 Å². The zero-order valence-corrected chi connectivity index (χ0v) is 15.4. The second-order valence-corrected chi connectivity index (χ2v) is 7.29. The van der Waals surface area contributed by atoms with Crippen LogP contribution in [0.5, 0.6) is 0 Å². The van der Waals surface area contributed by atoms with E-state index in [0.29, 0.717) is 26.2 Å². The number of piperazine rings is 1. The average Bonchev–Trinajstić information content (AvgIpc) is 3.41. The maximum atomic E-state index is 12.1. The van der Waals surface area contributed by atoms with Gasteiger partial charge in [0.25, 0.3) is 0 Å². The molecule has 3 amide bonds. The van der Waals surface area contributed by atoms with Gasteiger partial charge in [-0.25, -0.2) is 0 Å². The molecule has 8 heteroatoms. The second-order valence-electron chi connectivity index (χ2n) is 6.37. The SMILES string of the molecule is O=C(CN1CCN(C(=O)C(=O)NC2CC2)CC1)Nc1ccc(Br)cc1. The highest BCUT2D eigenvalue weighted by Gasteiger charge is 2.30. The van der Waals surface area contributed by atoms with Gasteiger partial charge in [-0.05, 0) is 37.1 Å². The zero-order chi connectivity index (χ0) is 17.8. The Morgan fingerprint density at radius 2 is 1.68 bits per heavy atom. The summed E-state index contributed by atoms with van der Waals surface area (Å²) in [7, 11) is 0. The zero-order valence-electron chi connectivity index (χ0n) is 13.8. The molecule has 1 aromatic rings. The predicted octanol–water partition coefficient (Wildman–Crippen LogP) is 0.810. The molecule has 0 radical (unpaired) electrons. The van der Waals surface area contributed by atoms with Gasteiger partial charge in [-0.1, -0.05) is 15.9 Å². The first-order valence-corrected chi connectivity index (χ1v) is 9.18. The van der Waals surface area contributed by atoms with Gasteiger partial charge in [0.2, 0.25) is 5.91 Å². The summed E-state index contributed by atoms with van der Waals surface area (Å²) in [6.07, 6.45) is 1.92. The van der Waals surface area contributed by atoms with Crippen molar-refractivity contribution in [3.8, 4) is 0 Å². The van der Waals surface area contributed by atoms with Crippen molar-refractivity contribution in [3.05, 3.63) is 28.7 Å². The van der Waals surface area contributed by atoms with Crippen LogP contribution in [0.3, 0.4) is 0 Å². The Labute approximate surface area is 154 Å². The first-order chi connectivity index (χ1) is 12.0. The van der Waals surface area contributed by atoms with E-state index in [-0.39, 0.29) is 18.5 Å². The van der Waals surface area contributed by atoms with E-state index in [2.05, 4.69) is 26.6 Å². The fourth-order valence-electron chi connectivity index (χ4n) is 2.66. The van der Waals surface area contributed by atoms with E-state index in [0.717, 1.165) is 23.0 Å². The van der Waals surface area contributed by atoms with Crippen LogP contribution in [0.1, 0.15) is 12.8 Å². The molecule has 0 aromatic heterocycles. The van der Waals surface area contributed by atoms with Gasteiger partial charge < -0.3 is 15.5 Å². The monoisotopic (exact) mass is 408 g/mol. The fourth-order valence-corrected chi connectivity index (χ4v) is 2.93. The van der Waals surface area contributed by atoms with Crippen molar-refractivity contribution in [2.45, 2.75) is 18.9 Å². The quantitative estimate of drug-likeness (QED) is 0.722. The van der Waals surface area contributed by atoms with Gasteiger partial charge in [-0.2, -0.15) is 0 Å². The summed E-state index contributed by atoms with van der Waals surface area (Å²) in [4.78, 5) is 39.5. The number of halogens is 1. The Morgan fingerprint density at radius 1 is 1.04 bits per heavy atom. The van der Waals surface area contributed by atoms with Gasteiger partial charge in [0, 0.05) is 42.4 Å². The van der Waals surface area contributed by atoms with Crippen LogP contribution < -0.4 is 10.6 Å². The summed E-state index contributed by atoms with van der Waals surface area (Å²) in [6.45, 7) is 2.35. The summed E-state index contributed by atoms with van der Waals surface area (Å²) in [5.41, 5.74) is 0.749. The van der Waals surface area contributed by atoms with Crippen LogP contribution >= 0.6 is 15.9 Å². The van der Waals surface area contributed by atoms with Crippen LogP contribution in [-0.4, -0.2) is 66.3 Å². The van der Waals surface area contributed by atoms with Crippen LogP contribution in [0.15, 0.2) is 28.7 Å². The molecule has 1 heterocycles. The Morgan fingerprint density at radius 3 is 2.28 bits per heavy atom. The lowest BCUT2D eigenvalue weighted by Gasteiger charge is -2.33. The van der Waals surface area contributed by atoms with Crippen molar-refractivity contribution in [1.29, 1.82) is 0 Å². The third-order valence-electron chi connectivity index (χ3n) is 4.26. The summed E-state index contributed by atoms with van der Waals surface area (Å²) in [5.74, 6) is -1.07. The molecule has 7 nitrogen and oxygen atoms in total. The molecular formula is C17H21BrN4O3. The predicted molar refractivity (Wildman–Crippen MR) is 97.0 cm³/mol. The first-order valence-electron chi connectivity index (χ1n) is 8.39. The van der Waals surface area contributed by atoms with E-state index in [1.54, 1.807) is 4.90 Å². The highest BCUT2D eigenvalue weighted by atomic mass is 79.9. The lowest BCUT2D eigenvalue weighted by molar-refractivity contribution is -0.147. The molecule has 1 saturated heterocycles. The minimum Gasteiger partial charge on any atom is -0.345 e. The van der Waals surface area contributed by atoms with Gasteiger partial charge in [-0.15, -0.1) is 0 Å². The molecule has 1 aromatic carbocycles. The van der Waals surface area contributed by atoms with E-state index in [1.165, 1.54) is 0 Å². The van der Waals surface area contributed by atoms with Crippen molar-refractivity contribution in [3.63, 3.8) is 0 Å². The van der Waals surface area contributed by atoms with Gasteiger partial charge in [-0.3, -0.25) is 19.3 Å². The number of amides is 3. The number of benzene rings is 1.